The Bertz CT molecular complexity index is 775. The van der Waals surface area contributed by atoms with Gasteiger partial charge in [0, 0.05) is 26.1 Å². The molecular formula is C24H30ClNO3. The van der Waals surface area contributed by atoms with Crippen molar-refractivity contribution >= 4 is 12.4 Å². The van der Waals surface area contributed by atoms with Crippen LogP contribution >= 0.6 is 12.4 Å². The molecule has 2 aromatic rings. The predicted molar refractivity (Wildman–Crippen MR) is 118 cm³/mol. The van der Waals surface area contributed by atoms with E-state index >= 15 is 0 Å². The summed E-state index contributed by atoms with van der Waals surface area (Å²) in [7, 11) is 0. The van der Waals surface area contributed by atoms with Crippen molar-refractivity contribution in [1.29, 1.82) is 0 Å². The Balaban J connectivity index is 0.00000240. The maximum Gasteiger partial charge on any atom is 0.161 e. The third-order valence-electron chi connectivity index (χ3n) is 5.78. The van der Waals surface area contributed by atoms with Crippen molar-refractivity contribution in [3.8, 4) is 11.5 Å². The second-order valence-corrected chi connectivity index (χ2v) is 7.59. The molecule has 0 saturated carbocycles. The molecule has 156 valence electrons. The first-order valence-corrected chi connectivity index (χ1v) is 10.2. The second-order valence-electron chi connectivity index (χ2n) is 7.59. The largest absolute Gasteiger partial charge is 0.486 e. The number of para-hydroxylation sites is 2. The maximum atomic E-state index is 6.30. The Hall–Kier alpha value is -2.01. The van der Waals surface area contributed by atoms with Gasteiger partial charge in [-0.2, -0.15) is 0 Å². The lowest BCUT2D eigenvalue weighted by Gasteiger charge is -2.42. The first-order chi connectivity index (χ1) is 13.8. The number of ether oxygens (including phenoxy) is 3. The first kappa shape index (κ1) is 21.7. The molecule has 1 atom stereocenters. The van der Waals surface area contributed by atoms with Crippen molar-refractivity contribution < 1.29 is 14.2 Å². The average Bonchev–Trinajstić information content (AvgIpc) is 2.77. The molecular weight excluding hydrogens is 386 g/mol. The summed E-state index contributed by atoms with van der Waals surface area (Å²) in [6.45, 7) is 8.10. The van der Waals surface area contributed by atoms with Crippen molar-refractivity contribution in [1.82, 2.24) is 4.90 Å². The highest BCUT2D eigenvalue weighted by Gasteiger charge is 2.37. The van der Waals surface area contributed by atoms with Gasteiger partial charge < -0.3 is 19.1 Å². The topological polar surface area (TPSA) is 30.9 Å². The molecule has 0 aromatic heterocycles. The zero-order chi connectivity index (χ0) is 19.2. The van der Waals surface area contributed by atoms with E-state index in [-0.39, 0.29) is 24.1 Å². The van der Waals surface area contributed by atoms with E-state index in [9.17, 15) is 0 Å². The molecule has 29 heavy (non-hydrogen) atoms. The Kier molecular flexibility index (Phi) is 7.59. The SMILES string of the molecule is C=CCOC1(c2ccccc2)CCN(CCC2COc3ccccc3O2)CC1.Cl. The fourth-order valence-electron chi connectivity index (χ4n) is 4.15. The molecule has 4 nitrogen and oxygen atoms in total. The minimum Gasteiger partial charge on any atom is -0.486 e. The van der Waals surface area contributed by atoms with Crippen molar-refractivity contribution in [2.75, 3.05) is 32.8 Å². The van der Waals surface area contributed by atoms with Gasteiger partial charge in [-0.15, -0.1) is 19.0 Å². The van der Waals surface area contributed by atoms with Crippen LogP contribution in [0.3, 0.4) is 0 Å². The zero-order valence-corrected chi connectivity index (χ0v) is 17.6. The van der Waals surface area contributed by atoms with Gasteiger partial charge in [0.2, 0.25) is 0 Å². The van der Waals surface area contributed by atoms with E-state index in [2.05, 4.69) is 41.8 Å². The van der Waals surface area contributed by atoms with Gasteiger partial charge in [-0.3, -0.25) is 0 Å². The van der Waals surface area contributed by atoms with E-state index in [0.717, 1.165) is 50.4 Å². The number of likely N-dealkylation sites (tertiary alicyclic amines) is 1. The fourth-order valence-corrected chi connectivity index (χ4v) is 4.15. The van der Waals surface area contributed by atoms with Gasteiger partial charge in [-0.1, -0.05) is 48.5 Å². The highest BCUT2D eigenvalue weighted by molar-refractivity contribution is 5.85. The van der Waals surface area contributed by atoms with Crippen LogP contribution in [0.4, 0.5) is 0 Å². The Morgan fingerprint density at radius 1 is 1.03 bits per heavy atom. The van der Waals surface area contributed by atoms with E-state index in [0.29, 0.717) is 13.2 Å². The molecule has 1 unspecified atom stereocenters. The Morgan fingerprint density at radius 3 is 2.45 bits per heavy atom. The molecule has 5 heteroatoms. The second kappa shape index (κ2) is 10.1. The van der Waals surface area contributed by atoms with Gasteiger partial charge in [0.1, 0.15) is 12.7 Å². The summed E-state index contributed by atoms with van der Waals surface area (Å²) in [5, 5.41) is 0. The van der Waals surface area contributed by atoms with Crippen molar-refractivity contribution in [3.63, 3.8) is 0 Å². The molecule has 2 heterocycles. The summed E-state index contributed by atoms with van der Waals surface area (Å²) in [6.07, 6.45) is 4.92. The van der Waals surface area contributed by atoms with Gasteiger partial charge in [0.25, 0.3) is 0 Å². The van der Waals surface area contributed by atoms with Crippen LogP contribution in [0.25, 0.3) is 0 Å². The molecule has 4 rings (SSSR count). The summed E-state index contributed by atoms with van der Waals surface area (Å²) in [5.41, 5.74) is 1.08. The molecule has 0 N–H and O–H groups in total. The summed E-state index contributed by atoms with van der Waals surface area (Å²) >= 11 is 0. The monoisotopic (exact) mass is 415 g/mol. The number of hydrogen-bond acceptors (Lipinski definition) is 4. The minimum absolute atomic E-state index is 0. The molecule has 2 aliphatic heterocycles. The summed E-state index contributed by atoms with van der Waals surface area (Å²) in [6, 6.07) is 18.5. The van der Waals surface area contributed by atoms with Crippen LogP contribution in [0.15, 0.2) is 67.3 Å². The Morgan fingerprint density at radius 2 is 1.72 bits per heavy atom. The summed E-state index contributed by atoms with van der Waals surface area (Å²) in [4.78, 5) is 2.52. The number of piperidine rings is 1. The molecule has 0 aliphatic carbocycles. The summed E-state index contributed by atoms with van der Waals surface area (Å²) < 4.78 is 18.2. The molecule has 1 fully saturated rings. The molecule has 0 amide bonds. The third kappa shape index (κ3) is 5.13. The van der Waals surface area contributed by atoms with Crippen LogP contribution in [-0.4, -0.2) is 43.9 Å². The lowest BCUT2D eigenvalue weighted by Crippen LogP contribution is -2.45. The first-order valence-electron chi connectivity index (χ1n) is 10.2. The molecule has 2 aliphatic rings. The van der Waals surface area contributed by atoms with Crippen molar-refractivity contribution in [2.24, 2.45) is 0 Å². The molecule has 0 spiro atoms. The minimum atomic E-state index is -0.199. The van der Waals surface area contributed by atoms with Crippen molar-refractivity contribution in [3.05, 3.63) is 72.8 Å². The average molecular weight is 416 g/mol. The summed E-state index contributed by atoms with van der Waals surface area (Å²) in [5.74, 6) is 1.71. The molecule has 0 radical (unpaired) electrons. The van der Waals surface area contributed by atoms with Gasteiger partial charge in [-0.25, -0.2) is 0 Å². The fraction of sp³-hybridized carbons (Fsp3) is 0.417. The maximum absolute atomic E-state index is 6.30. The van der Waals surface area contributed by atoms with Gasteiger partial charge >= 0.3 is 0 Å². The Labute approximate surface area is 179 Å². The molecule has 2 aromatic carbocycles. The quantitative estimate of drug-likeness (QED) is 0.606. The number of benzene rings is 2. The van der Waals surface area contributed by atoms with E-state index < -0.39 is 0 Å². The number of rotatable bonds is 7. The van der Waals surface area contributed by atoms with Crippen LogP contribution in [0.1, 0.15) is 24.8 Å². The van der Waals surface area contributed by atoms with Gasteiger partial charge in [0.05, 0.1) is 12.2 Å². The van der Waals surface area contributed by atoms with E-state index in [1.54, 1.807) is 0 Å². The van der Waals surface area contributed by atoms with E-state index in [4.69, 9.17) is 14.2 Å². The predicted octanol–water partition coefficient (Wildman–Crippen LogP) is 4.83. The van der Waals surface area contributed by atoms with Crippen LogP contribution < -0.4 is 9.47 Å². The van der Waals surface area contributed by atoms with Crippen LogP contribution in [0.2, 0.25) is 0 Å². The zero-order valence-electron chi connectivity index (χ0n) is 16.8. The smallest absolute Gasteiger partial charge is 0.161 e. The van der Waals surface area contributed by atoms with Crippen LogP contribution in [-0.2, 0) is 10.3 Å². The number of hydrogen-bond donors (Lipinski definition) is 0. The van der Waals surface area contributed by atoms with Gasteiger partial charge in [0.15, 0.2) is 11.5 Å². The highest BCUT2D eigenvalue weighted by Crippen LogP contribution is 2.37. The van der Waals surface area contributed by atoms with E-state index in [1.807, 2.05) is 30.3 Å². The normalized spacial score (nSPS) is 20.5. The standard InChI is InChI=1S/C24H29NO3.ClH/c1-2-18-27-24(20-8-4-3-5-9-20)13-16-25(17-14-24)15-12-21-19-26-22-10-6-7-11-23(22)28-21;/h2-11,21H,1,12-19H2;1H. The molecule has 0 bridgehead atoms. The van der Waals surface area contributed by atoms with Crippen LogP contribution in [0, 0.1) is 0 Å². The highest BCUT2D eigenvalue weighted by atomic mass is 35.5. The van der Waals surface area contributed by atoms with E-state index in [1.165, 1.54) is 5.56 Å². The molecule has 1 saturated heterocycles. The number of halogens is 1. The van der Waals surface area contributed by atoms with Crippen LogP contribution in [0.5, 0.6) is 11.5 Å². The lowest BCUT2D eigenvalue weighted by molar-refractivity contribution is -0.0797. The number of fused-ring (bicyclic) bond motifs is 1. The van der Waals surface area contributed by atoms with Crippen molar-refractivity contribution in [2.45, 2.75) is 31.0 Å². The lowest BCUT2D eigenvalue weighted by atomic mass is 9.84. The third-order valence-corrected chi connectivity index (χ3v) is 5.78. The number of nitrogens with zero attached hydrogens (tertiary/aromatic N) is 1. The van der Waals surface area contributed by atoms with Gasteiger partial charge in [-0.05, 0) is 30.5 Å².